The van der Waals surface area contributed by atoms with Crippen LogP contribution in [0.2, 0.25) is 0 Å². The second-order valence-corrected chi connectivity index (χ2v) is 11.1. The molecule has 0 aliphatic carbocycles. The standard InChI is InChI=1S/C36H41FN2O4/c1-3-5-7-8-11-27-14-18-29(19-15-27)36(42)38(22-6-4-2)25-34(40)39(23-28-16-20-31(37)21-17-28)24-30-26-43-33-13-10-9-12-32(33)35(30)41/h9-10,12-21,26H,3-8,11,22-25H2,1-2H3. The van der Waals surface area contributed by atoms with E-state index in [-0.39, 0.29) is 42.7 Å². The van der Waals surface area contributed by atoms with Crippen LogP contribution in [0, 0.1) is 5.82 Å². The topological polar surface area (TPSA) is 70.8 Å². The number of carbonyl (C=O) groups excluding carboxylic acids is 2. The molecule has 4 rings (SSSR count). The average molecular weight is 585 g/mol. The molecule has 43 heavy (non-hydrogen) atoms. The maximum atomic E-state index is 13.9. The van der Waals surface area contributed by atoms with Crippen LogP contribution >= 0.6 is 0 Å². The Bertz CT molecular complexity index is 1550. The van der Waals surface area contributed by atoms with Gasteiger partial charge in [0.15, 0.2) is 5.43 Å². The fourth-order valence-electron chi connectivity index (χ4n) is 5.09. The highest BCUT2D eigenvalue weighted by atomic mass is 19.1. The summed E-state index contributed by atoms with van der Waals surface area (Å²) in [4.78, 5) is 43.8. The molecule has 0 radical (unpaired) electrons. The molecule has 0 saturated heterocycles. The molecule has 6 nitrogen and oxygen atoms in total. The number of halogens is 1. The SMILES string of the molecule is CCCCCCc1ccc(C(=O)N(CCCC)CC(=O)N(Cc2ccc(F)cc2)Cc2coc3ccccc3c2=O)cc1. The molecule has 1 aromatic heterocycles. The molecule has 0 aliphatic heterocycles. The third-order valence-electron chi connectivity index (χ3n) is 7.67. The maximum absolute atomic E-state index is 13.9. The molecule has 0 spiro atoms. The number of para-hydroxylation sites is 1. The van der Waals surface area contributed by atoms with Crippen molar-refractivity contribution in [1.82, 2.24) is 9.80 Å². The van der Waals surface area contributed by atoms with Gasteiger partial charge in [0.05, 0.1) is 23.8 Å². The zero-order valence-electron chi connectivity index (χ0n) is 25.2. The van der Waals surface area contributed by atoms with Crippen molar-refractivity contribution in [3.05, 3.63) is 117 Å². The van der Waals surface area contributed by atoms with Gasteiger partial charge in [-0.05, 0) is 66.8 Å². The Morgan fingerprint density at radius 3 is 2.19 bits per heavy atom. The van der Waals surface area contributed by atoms with Gasteiger partial charge in [0.2, 0.25) is 5.91 Å². The van der Waals surface area contributed by atoms with Gasteiger partial charge in [-0.15, -0.1) is 0 Å². The summed E-state index contributed by atoms with van der Waals surface area (Å²) < 4.78 is 19.3. The lowest BCUT2D eigenvalue weighted by Crippen LogP contribution is -2.43. The van der Waals surface area contributed by atoms with Gasteiger partial charge in [0.1, 0.15) is 17.9 Å². The van der Waals surface area contributed by atoms with Crippen molar-refractivity contribution >= 4 is 22.8 Å². The third kappa shape index (κ3) is 8.87. The number of hydrogen-bond acceptors (Lipinski definition) is 4. The summed E-state index contributed by atoms with van der Waals surface area (Å²) in [5.41, 5.74) is 3.03. The predicted molar refractivity (Wildman–Crippen MR) is 168 cm³/mol. The summed E-state index contributed by atoms with van der Waals surface area (Å²) in [6.45, 7) is 4.66. The Balaban J connectivity index is 1.55. The molecule has 4 aromatic rings. The zero-order chi connectivity index (χ0) is 30.6. The van der Waals surface area contributed by atoms with E-state index in [1.807, 2.05) is 31.2 Å². The van der Waals surface area contributed by atoms with Gasteiger partial charge in [-0.1, -0.05) is 75.9 Å². The summed E-state index contributed by atoms with van der Waals surface area (Å²) in [5, 5.41) is 0.433. The first kappa shape index (κ1) is 31.7. The molecular weight excluding hydrogens is 543 g/mol. The number of unbranched alkanes of at least 4 members (excludes halogenated alkanes) is 4. The molecule has 0 aliphatic rings. The normalized spacial score (nSPS) is 11.0. The molecule has 0 bridgehead atoms. The van der Waals surface area contributed by atoms with E-state index in [1.54, 1.807) is 41.3 Å². The van der Waals surface area contributed by atoms with Gasteiger partial charge < -0.3 is 14.2 Å². The fraction of sp³-hybridized carbons (Fsp3) is 0.361. The van der Waals surface area contributed by atoms with Crippen LogP contribution in [-0.2, 0) is 24.3 Å². The summed E-state index contributed by atoms with van der Waals surface area (Å²) in [6.07, 6.45) is 8.72. The first-order valence-electron chi connectivity index (χ1n) is 15.3. The number of nitrogens with zero attached hydrogens (tertiary/aromatic N) is 2. The molecule has 3 aromatic carbocycles. The maximum Gasteiger partial charge on any atom is 0.254 e. The number of hydrogen-bond donors (Lipinski definition) is 0. The summed E-state index contributed by atoms with van der Waals surface area (Å²) in [5.74, 6) is -0.889. The van der Waals surface area contributed by atoms with Crippen molar-refractivity contribution in [2.24, 2.45) is 0 Å². The monoisotopic (exact) mass is 584 g/mol. The number of amides is 2. The Morgan fingerprint density at radius 1 is 0.767 bits per heavy atom. The van der Waals surface area contributed by atoms with Crippen LogP contribution in [-0.4, -0.2) is 34.7 Å². The van der Waals surface area contributed by atoms with Crippen LogP contribution in [0.15, 0.2) is 88.3 Å². The van der Waals surface area contributed by atoms with Gasteiger partial charge in [-0.2, -0.15) is 0 Å². The van der Waals surface area contributed by atoms with Crippen LogP contribution in [0.1, 0.15) is 79.4 Å². The average Bonchev–Trinajstić information content (AvgIpc) is 3.03. The number of carbonyl (C=O) groups is 2. The van der Waals surface area contributed by atoms with E-state index in [1.165, 1.54) is 48.1 Å². The van der Waals surface area contributed by atoms with Crippen molar-refractivity contribution in [2.75, 3.05) is 13.1 Å². The van der Waals surface area contributed by atoms with Gasteiger partial charge in [-0.25, -0.2) is 4.39 Å². The first-order chi connectivity index (χ1) is 20.9. The second-order valence-electron chi connectivity index (χ2n) is 11.1. The lowest BCUT2D eigenvalue weighted by molar-refractivity contribution is -0.133. The van der Waals surface area contributed by atoms with Crippen molar-refractivity contribution in [3.8, 4) is 0 Å². The van der Waals surface area contributed by atoms with Crippen LogP contribution in [0.3, 0.4) is 0 Å². The smallest absolute Gasteiger partial charge is 0.254 e. The molecule has 2 amide bonds. The van der Waals surface area contributed by atoms with Crippen molar-refractivity contribution in [3.63, 3.8) is 0 Å². The highest BCUT2D eigenvalue weighted by Gasteiger charge is 2.24. The third-order valence-corrected chi connectivity index (χ3v) is 7.67. The van der Waals surface area contributed by atoms with Crippen LogP contribution in [0.25, 0.3) is 11.0 Å². The quantitative estimate of drug-likeness (QED) is 0.136. The van der Waals surface area contributed by atoms with E-state index in [9.17, 15) is 18.8 Å². The van der Waals surface area contributed by atoms with E-state index in [0.717, 1.165) is 25.7 Å². The van der Waals surface area contributed by atoms with Gasteiger partial charge >= 0.3 is 0 Å². The highest BCUT2D eigenvalue weighted by molar-refractivity contribution is 5.96. The van der Waals surface area contributed by atoms with E-state index >= 15 is 0 Å². The van der Waals surface area contributed by atoms with E-state index in [0.29, 0.717) is 34.2 Å². The minimum Gasteiger partial charge on any atom is -0.464 e. The Hall–Kier alpha value is -4.26. The lowest BCUT2D eigenvalue weighted by Gasteiger charge is -2.28. The van der Waals surface area contributed by atoms with Gasteiger partial charge in [0.25, 0.3) is 5.91 Å². The molecule has 0 unspecified atom stereocenters. The van der Waals surface area contributed by atoms with Crippen LogP contribution < -0.4 is 5.43 Å². The molecule has 0 atom stereocenters. The van der Waals surface area contributed by atoms with Crippen molar-refractivity contribution < 1.29 is 18.4 Å². The molecule has 7 heteroatoms. The molecular formula is C36H41FN2O4. The number of rotatable bonds is 15. The summed E-state index contributed by atoms with van der Waals surface area (Å²) in [6, 6.07) is 20.6. The zero-order valence-corrected chi connectivity index (χ0v) is 25.2. The number of benzene rings is 3. The number of aryl methyl sites for hydroxylation is 1. The highest BCUT2D eigenvalue weighted by Crippen LogP contribution is 2.16. The Labute approximate surface area is 253 Å². The minimum atomic E-state index is -0.375. The van der Waals surface area contributed by atoms with Crippen LogP contribution in [0.4, 0.5) is 4.39 Å². The van der Waals surface area contributed by atoms with E-state index in [4.69, 9.17) is 4.42 Å². The van der Waals surface area contributed by atoms with Gasteiger partial charge in [0, 0.05) is 18.7 Å². The van der Waals surface area contributed by atoms with Gasteiger partial charge in [-0.3, -0.25) is 14.4 Å². The Kier molecular flexibility index (Phi) is 11.7. The second kappa shape index (κ2) is 15.8. The minimum absolute atomic E-state index is 0.00802. The molecule has 0 N–H and O–H groups in total. The summed E-state index contributed by atoms with van der Waals surface area (Å²) >= 11 is 0. The summed E-state index contributed by atoms with van der Waals surface area (Å²) in [7, 11) is 0. The largest absolute Gasteiger partial charge is 0.464 e. The predicted octanol–water partition coefficient (Wildman–Crippen LogP) is 7.53. The van der Waals surface area contributed by atoms with E-state index < -0.39 is 0 Å². The molecule has 0 saturated carbocycles. The van der Waals surface area contributed by atoms with Crippen molar-refractivity contribution in [2.45, 2.75) is 71.9 Å². The molecule has 226 valence electrons. The molecule has 1 heterocycles. The first-order valence-corrected chi connectivity index (χ1v) is 15.3. The Morgan fingerprint density at radius 2 is 1.47 bits per heavy atom. The van der Waals surface area contributed by atoms with E-state index in [2.05, 4.69) is 6.92 Å². The lowest BCUT2D eigenvalue weighted by atomic mass is 10.0. The number of fused-ring (bicyclic) bond motifs is 1. The van der Waals surface area contributed by atoms with Crippen molar-refractivity contribution in [1.29, 1.82) is 0 Å². The fourth-order valence-corrected chi connectivity index (χ4v) is 5.09. The van der Waals surface area contributed by atoms with Crippen LogP contribution in [0.5, 0.6) is 0 Å². The molecule has 0 fully saturated rings.